The minimum absolute atomic E-state index is 0.444. The molecule has 2 N–H and O–H groups in total. The number of methoxy groups -OCH3 is 1. The van der Waals surface area contributed by atoms with E-state index in [1.54, 1.807) is 7.11 Å². The monoisotopic (exact) mass is 345 g/mol. The molecule has 3 aromatic rings. The summed E-state index contributed by atoms with van der Waals surface area (Å²) in [5.41, 5.74) is 8.97. The highest BCUT2D eigenvalue weighted by molar-refractivity contribution is 9.10. The van der Waals surface area contributed by atoms with E-state index in [-0.39, 0.29) is 0 Å². The van der Waals surface area contributed by atoms with Crippen LogP contribution >= 0.6 is 15.9 Å². The Morgan fingerprint density at radius 1 is 1.24 bits per heavy atom. The summed E-state index contributed by atoms with van der Waals surface area (Å²) in [4.78, 5) is 0. The fourth-order valence-electron chi connectivity index (χ4n) is 2.45. The molecule has 0 saturated carbocycles. The third-order valence-corrected chi connectivity index (χ3v) is 4.10. The zero-order chi connectivity index (χ0) is 14.8. The molecule has 21 heavy (non-hydrogen) atoms. The Morgan fingerprint density at radius 2 is 2.05 bits per heavy atom. The fourth-order valence-corrected chi connectivity index (χ4v) is 3.04. The van der Waals surface area contributed by atoms with Crippen molar-refractivity contribution in [2.24, 2.45) is 5.73 Å². The SMILES string of the molecule is COc1ccc(Cn2nc(CN)c3ccccc32)cc1Br. The number of aromatic nitrogens is 2. The molecule has 4 nitrogen and oxygen atoms in total. The van der Waals surface area contributed by atoms with E-state index in [4.69, 9.17) is 10.5 Å². The number of halogens is 1. The molecule has 0 aliphatic carbocycles. The standard InChI is InChI=1S/C16H16BrN3O/c1-21-16-7-6-11(8-13(16)17)10-20-15-5-3-2-4-12(15)14(9-18)19-20/h2-8H,9-10,18H2,1H3. The second kappa shape index (κ2) is 5.87. The number of nitrogens with zero attached hydrogens (tertiary/aromatic N) is 2. The molecule has 0 bridgehead atoms. The van der Waals surface area contributed by atoms with E-state index < -0.39 is 0 Å². The molecular weight excluding hydrogens is 330 g/mol. The predicted octanol–water partition coefficient (Wildman–Crippen LogP) is 3.31. The molecule has 0 fully saturated rings. The van der Waals surface area contributed by atoms with Crippen LogP contribution in [-0.2, 0) is 13.1 Å². The van der Waals surface area contributed by atoms with E-state index >= 15 is 0 Å². The van der Waals surface area contributed by atoms with Crippen LogP contribution in [-0.4, -0.2) is 16.9 Å². The van der Waals surface area contributed by atoms with Gasteiger partial charge in [0.25, 0.3) is 0 Å². The van der Waals surface area contributed by atoms with Gasteiger partial charge < -0.3 is 10.5 Å². The van der Waals surface area contributed by atoms with Crippen molar-refractivity contribution in [1.29, 1.82) is 0 Å². The van der Waals surface area contributed by atoms with E-state index in [1.165, 1.54) is 0 Å². The molecule has 0 aliphatic rings. The van der Waals surface area contributed by atoms with E-state index in [9.17, 15) is 0 Å². The largest absolute Gasteiger partial charge is 0.496 e. The summed E-state index contributed by atoms with van der Waals surface area (Å²) in [5, 5.41) is 5.74. The highest BCUT2D eigenvalue weighted by Crippen LogP contribution is 2.26. The van der Waals surface area contributed by atoms with Gasteiger partial charge in [0, 0.05) is 11.9 Å². The molecule has 1 heterocycles. The third kappa shape index (κ3) is 2.66. The van der Waals surface area contributed by atoms with Crippen molar-refractivity contribution < 1.29 is 4.74 Å². The molecule has 108 valence electrons. The van der Waals surface area contributed by atoms with E-state index in [2.05, 4.69) is 39.2 Å². The number of hydrogen-bond acceptors (Lipinski definition) is 3. The maximum absolute atomic E-state index is 5.78. The minimum atomic E-state index is 0.444. The first-order valence-electron chi connectivity index (χ1n) is 6.70. The highest BCUT2D eigenvalue weighted by atomic mass is 79.9. The first kappa shape index (κ1) is 14.1. The van der Waals surface area contributed by atoms with E-state index in [0.717, 1.165) is 32.4 Å². The molecule has 0 spiro atoms. The molecule has 0 atom stereocenters. The average Bonchev–Trinajstić information content (AvgIpc) is 2.86. The number of ether oxygens (including phenoxy) is 1. The zero-order valence-electron chi connectivity index (χ0n) is 11.7. The lowest BCUT2D eigenvalue weighted by molar-refractivity contribution is 0.412. The van der Waals surface area contributed by atoms with Crippen LogP contribution in [0.15, 0.2) is 46.9 Å². The van der Waals surface area contributed by atoms with Crippen molar-refractivity contribution in [2.75, 3.05) is 7.11 Å². The first-order valence-corrected chi connectivity index (χ1v) is 7.49. The second-order valence-corrected chi connectivity index (χ2v) is 5.65. The Hall–Kier alpha value is -1.85. The quantitative estimate of drug-likeness (QED) is 0.789. The molecule has 0 saturated heterocycles. The first-order chi connectivity index (χ1) is 10.2. The van der Waals surface area contributed by atoms with Gasteiger partial charge in [0.15, 0.2) is 0 Å². The molecule has 2 aromatic carbocycles. The van der Waals surface area contributed by atoms with Gasteiger partial charge in [-0.25, -0.2) is 0 Å². The van der Waals surface area contributed by atoms with Gasteiger partial charge in [-0.2, -0.15) is 5.10 Å². The number of para-hydroxylation sites is 1. The Kier molecular flexibility index (Phi) is 3.94. The number of fused-ring (bicyclic) bond motifs is 1. The summed E-state index contributed by atoms with van der Waals surface area (Å²) in [6.45, 7) is 1.14. The van der Waals surface area contributed by atoms with Crippen molar-refractivity contribution in [3.8, 4) is 5.75 Å². The van der Waals surface area contributed by atoms with Crippen LogP contribution in [0.5, 0.6) is 5.75 Å². The lowest BCUT2D eigenvalue weighted by Crippen LogP contribution is -2.04. The zero-order valence-corrected chi connectivity index (χ0v) is 13.3. The summed E-state index contributed by atoms with van der Waals surface area (Å²) in [6, 6.07) is 14.2. The summed E-state index contributed by atoms with van der Waals surface area (Å²) in [7, 11) is 1.66. The third-order valence-electron chi connectivity index (χ3n) is 3.48. The van der Waals surface area contributed by atoms with Crippen LogP contribution in [0.1, 0.15) is 11.3 Å². The van der Waals surface area contributed by atoms with Crippen molar-refractivity contribution >= 4 is 26.8 Å². The van der Waals surface area contributed by atoms with Gasteiger partial charge in [0.1, 0.15) is 5.75 Å². The van der Waals surface area contributed by atoms with Crippen LogP contribution in [0.25, 0.3) is 10.9 Å². The van der Waals surface area contributed by atoms with Crippen LogP contribution in [0, 0.1) is 0 Å². The normalized spacial score (nSPS) is 11.0. The summed E-state index contributed by atoms with van der Waals surface area (Å²) in [5.74, 6) is 0.826. The number of hydrogen-bond donors (Lipinski definition) is 1. The Bertz CT molecular complexity index is 782. The van der Waals surface area contributed by atoms with Crippen LogP contribution < -0.4 is 10.5 Å². The van der Waals surface area contributed by atoms with Crippen LogP contribution in [0.4, 0.5) is 0 Å². The summed E-state index contributed by atoms with van der Waals surface area (Å²) in [6.07, 6.45) is 0. The molecule has 3 rings (SSSR count). The maximum Gasteiger partial charge on any atom is 0.133 e. The number of nitrogens with two attached hydrogens (primary N) is 1. The Balaban J connectivity index is 2.00. The van der Waals surface area contributed by atoms with Gasteiger partial charge in [-0.3, -0.25) is 4.68 Å². The smallest absolute Gasteiger partial charge is 0.133 e. The van der Waals surface area contributed by atoms with Gasteiger partial charge in [-0.1, -0.05) is 24.3 Å². The van der Waals surface area contributed by atoms with Crippen molar-refractivity contribution in [2.45, 2.75) is 13.1 Å². The topological polar surface area (TPSA) is 53.1 Å². The Labute approximate surface area is 131 Å². The molecular formula is C16H16BrN3O. The summed E-state index contributed by atoms with van der Waals surface area (Å²) < 4.78 is 8.19. The second-order valence-electron chi connectivity index (χ2n) is 4.79. The average molecular weight is 346 g/mol. The molecule has 0 radical (unpaired) electrons. The van der Waals surface area contributed by atoms with Crippen molar-refractivity contribution in [1.82, 2.24) is 9.78 Å². The number of benzene rings is 2. The molecule has 0 unspecified atom stereocenters. The van der Waals surface area contributed by atoms with Gasteiger partial charge in [-0.15, -0.1) is 0 Å². The molecule has 0 amide bonds. The van der Waals surface area contributed by atoms with Crippen molar-refractivity contribution in [3.05, 3.63) is 58.2 Å². The van der Waals surface area contributed by atoms with Gasteiger partial charge >= 0.3 is 0 Å². The van der Waals surface area contributed by atoms with E-state index in [1.807, 2.05) is 28.9 Å². The predicted molar refractivity (Wildman–Crippen MR) is 87.4 cm³/mol. The van der Waals surface area contributed by atoms with Crippen LogP contribution in [0.2, 0.25) is 0 Å². The van der Waals surface area contributed by atoms with Gasteiger partial charge in [0.2, 0.25) is 0 Å². The lowest BCUT2D eigenvalue weighted by atomic mass is 10.2. The molecule has 5 heteroatoms. The van der Waals surface area contributed by atoms with Gasteiger partial charge in [-0.05, 0) is 39.7 Å². The van der Waals surface area contributed by atoms with Crippen LogP contribution in [0.3, 0.4) is 0 Å². The maximum atomic E-state index is 5.78. The fraction of sp³-hybridized carbons (Fsp3) is 0.188. The lowest BCUT2D eigenvalue weighted by Gasteiger charge is -2.07. The number of rotatable bonds is 4. The molecule has 0 aliphatic heterocycles. The molecule has 1 aromatic heterocycles. The van der Waals surface area contributed by atoms with Crippen molar-refractivity contribution in [3.63, 3.8) is 0 Å². The van der Waals surface area contributed by atoms with Gasteiger partial charge in [0.05, 0.1) is 29.3 Å². The highest BCUT2D eigenvalue weighted by Gasteiger charge is 2.09. The Morgan fingerprint density at radius 3 is 2.76 bits per heavy atom. The minimum Gasteiger partial charge on any atom is -0.496 e. The summed E-state index contributed by atoms with van der Waals surface area (Å²) >= 11 is 3.51. The van der Waals surface area contributed by atoms with E-state index in [0.29, 0.717) is 13.1 Å².